The Hall–Kier alpha value is -2.37. The fourth-order valence-corrected chi connectivity index (χ4v) is 1.84. The number of anilines is 1. The molecule has 0 saturated heterocycles. The van der Waals surface area contributed by atoms with Gasteiger partial charge in [-0.05, 0) is 19.1 Å². The molecule has 0 aliphatic rings. The molecule has 2 N–H and O–H groups in total. The highest BCUT2D eigenvalue weighted by Gasteiger charge is 2.16. The lowest BCUT2D eigenvalue weighted by atomic mass is 10.1. The zero-order valence-corrected chi connectivity index (χ0v) is 11.3. The first-order valence-electron chi connectivity index (χ1n) is 6.02. The summed E-state index contributed by atoms with van der Waals surface area (Å²) in [6, 6.07) is 7.41. The van der Waals surface area contributed by atoms with Crippen LogP contribution in [0.2, 0.25) is 0 Å². The van der Waals surface area contributed by atoms with Crippen molar-refractivity contribution in [3.05, 3.63) is 41.5 Å². The second kappa shape index (κ2) is 5.51. The van der Waals surface area contributed by atoms with Crippen LogP contribution in [-0.4, -0.2) is 40.1 Å². The SMILES string of the molecule is CNc1ccccc1C(=O)N(C)Cc1n[nH]c(C)n1. The number of benzene rings is 1. The van der Waals surface area contributed by atoms with E-state index < -0.39 is 0 Å². The van der Waals surface area contributed by atoms with Gasteiger partial charge in [0.15, 0.2) is 5.82 Å². The Bertz CT molecular complexity index is 578. The Morgan fingerprint density at radius 1 is 1.42 bits per heavy atom. The third-order valence-corrected chi connectivity index (χ3v) is 2.80. The second-order valence-electron chi connectivity index (χ2n) is 4.29. The van der Waals surface area contributed by atoms with E-state index in [0.29, 0.717) is 17.9 Å². The van der Waals surface area contributed by atoms with Gasteiger partial charge >= 0.3 is 0 Å². The van der Waals surface area contributed by atoms with Gasteiger partial charge in [0.05, 0.1) is 12.1 Å². The molecule has 1 amide bonds. The third-order valence-electron chi connectivity index (χ3n) is 2.80. The number of carbonyl (C=O) groups is 1. The normalized spacial score (nSPS) is 10.3. The summed E-state index contributed by atoms with van der Waals surface area (Å²) in [6.45, 7) is 2.20. The van der Waals surface area contributed by atoms with Crippen molar-refractivity contribution in [2.75, 3.05) is 19.4 Å². The molecule has 1 aromatic heterocycles. The van der Waals surface area contributed by atoms with Crippen LogP contribution in [0.25, 0.3) is 0 Å². The minimum atomic E-state index is -0.0626. The van der Waals surface area contributed by atoms with Gasteiger partial charge in [0, 0.05) is 19.8 Å². The number of aromatic amines is 1. The summed E-state index contributed by atoms with van der Waals surface area (Å²) in [5.41, 5.74) is 1.45. The topological polar surface area (TPSA) is 73.9 Å². The van der Waals surface area contributed by atoms with Crippen molar-refractivity contribution in [3.63, 3.8) is 0 Å². The maximum Gasteiger partial charge on any atom is 0.256 e. The predicted molar refractivity (Wildman–Crippen MR) is 72.9 cm³/mol. The van der Waals surface area contributed by atoms with Crippen molar-refractivity contribution < 1.29 is 4.79 Å². The molecule has 19 heavy (non-hydrogen) atoms. The smallest absolute Gasteiger partial charge is 0.256 e. The number of aryl methyl sites for hydroxylation is 1. The molecule has 0 aliphatic heterocycles. The Labute approximate surface area is 111 Å². The van der Waals surface area contributed by atoms with Gasteiger partial charge in [0.25, 0.3) is 5.91 Å². The molecule has 1 aromatic carbocycles. The average molecular weight is 259 g/mol. The molecular formula is C13H17N5O. The van der Waals surface area contributed by atoms with E-state index in [1.807, 2.05) is 25.1 Å². The number of rotatable bonds is 4. The lowest BCUT2D eigenvalue weighted by molar-refractivity contribution is 0.0782. The molecular weight excluding hydrogens is 242 g/mol. The van der Waals surface area contributed by atoms with Crippen molar-refractivity contribution in [2.45, 2.75) is 13.5 Å². The summed E-state index contributed by atoms with van der Waals surface area (Å²) in [5, 5.41) is 9.81. The van der Waals surface area contributed by atoms with Gasteiger partial charge in [-0.1, -0.05) is 12.1 Å². The number of aromatic nitrogens is 3. The highest BCUT2D eigenvalue weighted by atomic mass is 16.2. The van der Waals surface area contributed by atoms with Gasteiger partial charge in [-0.3, -0.25) is 9.89 Å². The van der Waals surface area contributed by atoms with E-state index >= 15 is 0 Å². The van der Waals surface area contributed by atoms with Gasteiger partial charge in [-0.25, -0.2) is 4.98 Å². The predicted octanol–water partition coefficient (Wildman–Crippen LogP) is 1.43. The van der Waals surface area contributed by atoms with E-state index in [9.17, 15) is 4.79 Å². The largest absolute Gasteiger partial charge is 0.387 e. The number of carbonyl (C=O) groups excluding carboxylic acids is 1. The number of H-pyrrole nitrogens is 1. The van der Waals surface area contributed by atoms with Crippen LogP contribution in [0.5, 0.6) is 0 Å². The van der Waals surface area contributed by atoms with Crippen molar-refractivity contribution in [1.82, 2.24) is 20.1 Å². The van der Waals surface area contributed by atoms with Gasteiger partial charge in [0.2, 0.25) is 0 Å². The fourth-order valence-electron chi connectivity index (χ4n) is 1.84. The third kappa shape index (κ3) is 2.90. The molecule has 2 aromatic rings. The Morgan fingerprint density at radius 3 is 2.79 bits per heavy atom. The van der Waals surface area contributed by atoms with E-state index in [4.69, 9.17) is 0 Å². The van der Waals surface area contributed by atoms with Crippen molar-refractivity contribution in [3.8, 4) is 0 Å². The molecule has 2 rings (SSSR count). The molecule has 1 heterocycles. The van der Waals surface area contributed by atoms with Gasteiger partial charge in [-0.2, -0.15) is 5.10 Å². The maximum absolute atomic E-state index is 12.4. The van der Waals surface area contributed by atoms with Crippen LogP contribution in [0.15, 0.2) is 24.3 Å². The molecule has 0 spiro atoms. The van der Waals surface area contributed by atoms with Crippen LogP contribution in [-0.2, 0) is 6.54 Å². The molecule has 6 heteroatoms. The van der Waals surface area contributed by atoms with Crippen molar-refractivity contribution in [1.29, 1.82) is 0 Å². The Balaban J connectivity index is 2.14. The minimum Gasteiger partial charge on any atom is -0.387 e. The van der Waals surface area contributed by atoms with Crippen LogP contribution >= 0.6 is 0 Å². The molecule has 6 nitrogen and oxygen atoms in total. The molecule has 0 fully saturated rings. The number of nitrogens with zero attached hydrogens (tertiary/aromatic N) is 3. The monoisotopic (exact) mass is 259 g/mol. The average Bonchev–Trinajstić information content (AvgIpc) is 2.83. The zero-order chi connectivity index (χ0) is 13.8. The summed E-state index contributed by atoms with van der Waals surface area (Å²) in [5.74, 6) is 1.29. The first-order valence-corrected chi connectivity index (χ1v) is 6.02. The standard InChI is InChI=1S/C13H17N5O/c1-9-15-12(17-16-9)8-18(3)13(19)10-6-4-5-7-11(10)14-2/h4-7,14H,8H2,1-3H3,(H,15,16,17). The number of nitrogens with one attached hydrogen (secondary N) is 2. The summed E-state index contributed by atoms with van der Waals surface area (Å²) >= 11 is 0. The highest BCUT2D eigenvalue weighted by molar-refractivity contribution is 5.99. The Kier molecular flexibility index (Phi) is 3.79. The van der Waals surface area contributed by atoms with Gasteiger partial charge in [0.1, 0.15) is 5.82 Å². The summed E-state index contributed by atoms with van der Waals surface area (Å²) in [4.78, 5) is 18.1. The van der Waals surface area contributed by atoms with Crippen LogP contribution < -0.4 is 5.32 Å². The first-order chi connectivity index (χ1) is 9.11. The molecule has 0 unspecified atom stereocenters. The van der Waals surface area contributed by atoms with Crippen LogP contribution in [0, 0.1) is 6.92 Å². The number of para-hydroxylation sites is 1. The quantitative estimate of drug-likeness (QED) is 0.871. The first kappa shape index (κ1) is 13.1. The molecule has 0 atom stereocenters. The van der Waals surface area contributed by atoms with Crippen molar-refractivity contribution >= 4 is 11.6 Å². The summed E-state index contributed by atoms with van der Waals surface area (Å²) in [6.07, 6.45) is 0. The summed E-state index contributed by atoms with van der Waals surface area (Å²) in [7, 11) is 3.53. The molecule has 0 bridgehead atoms. The summed E-state index contributed by atoms with van der Waals surface area (Å²) < 4.78 is 0. The molecule has 0 aliphatic carbocycles. The number of hydrogen-bond donors (Lipinski definition) is 2. The van der Waals surface area contributed by atoms with E-state index in [1.54, 1.807) is 25.1 Å². The Morgan fingerprint density at radius 2 is 2.16 bits per heavy atom. The van der Waals surface area contributed by atoms with Crippen LogP contribution in [0.4, 0.5) is 5.69 Å². The lowest BCUT2D eigenvalue weighted by Crippen LogP contribution is -2.27. The fraction of sp³-hybridized carbons (Fsp3) is 0.308. The number of amides is 1. The van der Waals surface area contributed by atoms with Crippen molar-refractivity contribution in [2.24, 2.45) is 0 Å². The minimum absolute atomic E-state index is 0.0626. The lowest BCUT2D eigenvalue weighted by Gasteiger charge is -2.17. The van der Waals surface area contributed by atoms with E-state index in [0.717, 1.165) is 11.5 Å². The highest BCUT2D eigenvalue weighted by Crippen LogP contribution is 2.16. The maximum atomic E-state index is 12.4. The molecule has 100 valence electrons. The van der Waals surface area contributed by atoms with Gasteiger partial charge in [-0.15, -0.1) is 0 Å². The van der Waals surface area contributed by atoms with E-state index in [-0.39, 0.29) is 5.91 Å². The van der Waals surface area contributed by atoms with E-state index in [1.165, 1.54) is 0 Å². The molecule has 0 radical (unpaired) electrons. The second-order valence-corrected chi connectivity index (χ2v) is 4.29. The van der Waals surface area contributed by atoms with Gasteiger partial charge < -0.3 is 10.2 Å². The zero-order valence-electron chi connectivity index (χ0n) is 11.3. The van der Waals surface area contributed by atoms with Crippen LogP contribution in [0.1, 0.15) is 22.0 Å². The number of hydrogen-bond acceptors (Lipinski definition) is 4. The van der Waals surface area contributed by atoms with E-state index in [2.05, 4.69) is 20.5 Å². The van der Waals surface area contributed by atoms with Crippen LogP contribution in [0.3, 0.4) is 0 Å². The molecule has 0 saturated carbocycles.